The van der Waals surface area contributed by atoms with Crippen molar-refractivity contribution in [2.24, 2.45) is 5.73 Å². The van der Waals surface area contributed by atoms with Crippen molar-refractivity contribution in [3.8, 4) is 0 Å². The van der Waals surface area contributed by atoms with Crippen molar-refractivity contribution in [3.63, 3.8) is 0 Å². The second-order valence-corrected chi connectivity index (χ2v) is 4.39. The van der Waals surface area contributed by atoms with E-state index in [4.69, 9.17) is 17.3 Å². The number of nitrogens with two attached hydrogens (primary N) is 1. The molecule has 1 aliphatic rings. The van der Waals surface area contributed by atoms with Crippen LogP contribution in [0.3, 0.4) is 0 Å². The maximum Gasteiger partial charge on any atom is 0.236 e. The molecule has 2 N–H and O–H groups in total. The number of likely N-dealkylation sites (N-methyl/N-ethyl adjacent to an activating group) is 1. The molecular formula is C10H13ClN4O. The van der Waals surface area contributed by atoms with E-state index < -0.39 is 5.91 Å². The Bertz CT molecular complexity index is 419. The number of carbonyl (C=O) groups excluding carboxylic acids is 1. The third-order valence-electron chi connectivity index (χ3n) is 2.43. The number of amides is 1. The van der Waals surface area contributed by atoms with Crippen molar-refractivity contribution < 1.29 is 4.79 Å². The molecule has 0 atom stereocenters. The standard InChI is InChI=1S/C10H13ClN4O/c1-15(5-8(12)16)9-4-7(11)13-10(14-9)6-2-3-6/h4,6H,2-3,5H2,1H3,(H2,12,16). The summed E-state index contributed by atoms with van der Waals surface area (Å²) < 4.78 is 0. The molecule has 1 amide bonds. The zero-order valence-corrected chi connectivity index (χ0v) is 9.74. The van der Waals surface area contributed by atoms with Gasteiger partial charge >= 0.3 is 0 Å². The van der Waals surface area contributed by atoms with Gasteiger partial charge in [0.2, 0.25) is 5.91 Å². The predicted molar refractivity (Wildman–Crippen MR) is 61.5 cm³/mol. The number of rotatable bonds is 4. The van der Waals surface area contributed by atoms with Gasteiger partial charge in [0, 0.05) is 19.0 Å². The smallest absolute Gasteiger partial charge is 0.236 e. The van der Waals surface area contributed by atoms with Crippen molar-refractivity contribution in [2.75, 3.05) is 18.5 Å². The lowest BCUT2D eigenvalue weighted by Crippen LogP contribution is -2.31. The van der Waals surface area contributed by atoms with Crippen LogP contribution in [0.25, 0.3) is 0 Å². The van der Waals surface area contributed by atoms with Gasteiger partial charge < -0.3 is 10.6 Å². The molecule has 6 heteroatoms. The number of halogens is 1. The first kappa shape index (κ1) is 11.1. The number of nitrogens with zero attached hydrogens (tertiary/aromatic N) is 3. The molecule has 0 saturated heterocycles. The number of anilines is 1. The summed E-state index contributed by atoms with van der Waals surface area (Å²) >= 11 is 5.91. The van der Waals surface area contributed by atoms with Gasteiger partial charge in [-0.3, -0.25) is 4.79 Å². The molecule has 1 aromatic heterocycles. The first-order chi connectivity index (χ1) is 7.56. The molecular weight excluding hydrogens is 228 g/mol. The molecule has 0 aromatic carbocycles. The van der Waals surface area contributed by atoms with Crippen LogP contribution in [0.2, 0.25) is 5.15 Å². The first-order valence-corrected chi connectivity index (χ1v) is 5.48. The minimum Gasteiger partial charge on any atom is -0.368 e. The molecule has 1 saturated carbocycles. The van der Waals surface area contributed by atoms with Gasteiger partial charge in [0.05, 0.1) is 6.54 Å². The van der Waals surface area contributed by atoms with Crippen LogP contribution in [0.4, 0.5) is 5.82 Å². The molecule has 1 aliphatic carbocycles. The summed E-state index contributed by atoms with van der Waals surface area (Å²) in [6, 6.07) is 1.64. The average Bonchev–Trinajstić information content (AvgIpc) is 2.98. The second-order valence-electron chi connectivity index (χ2n) is 4.00. The van der Waals surface area contributed by atoms with Crippen LogP contribution in [0, 0.1) is 0 Å². The topological polar surface area (TPSA) is 72.1 Å². The molecule has 2 rings (SSSR count). The highest BCUT2D eigenvalue weighted by Gasteiger charge is 2.27. The number of carbonyl (C=O) groups is 1. The van der Waals surface area contributed by atoms with Gasteiger partial charge in [-0.1, -0.05) is 11.6 Å². The maximum absolute atomic E-state index is 10.8. The Morgan fingerprint density at radius 3 is 2.88 bits per heavy atom. The largest absolute Gasteiger partial charge is 0.368 e. The fourth-order valence-corrected chi connectivity index (χ4v) is 1.64. The lowest BCUT2D eigenvalue weighted by molar-refractivity contribution is -0.116. The second kappa shape index (κ2) is 4.25. The molecule has 0 spiro atoms. The van der Waals surface area contributed by atoms with Crippen molar-refractivity contribution >= 4 is 23.3 Å². The number of aromatic nitrogens is 2. The van der Waals surface area contributed by atoms with Gasteiger partial charge in [-0.15, -0.1) is 0 Å². The van der Waals surface area contributed by atoms with E-state index in [-0.39, 0.29) is 6.54 Å². The van der Waals surface area contributed by atoms with Crippen molar-refractivity contribution in [2.45, 2.75) is 18.8 Å². The highest BCUT2D eigenvalue weighted by molar-refractivity contribution is 6.29. The van der Waals surface area contributed by atoms with E-state index in [0.29, 0.717) is 16.9 Å². The molecule has 0 bridgehead atoms. The SMILES string of the molecule is CN(CC(N)=O)c1cc(Cl)nc(C2CC2)n1. The van der Waals surface area contributed by atoms with Crippen molar-refractivity contribution in [1.29, 1.82) is 0 Å². The average molecular weight is 241 g/mol. The highest BCUT2D eigenvalue weighted by atomic mass is 35.5. The van der Waals surface area contributed by atoms with E-state index in [0.717, 1.165) is 18.7 Å². The van der Waals surface area contributed by atoms with Crippen LogP contribution >= 0.6 is 11.6 Å². The zero-order chi connectivity index (χ0) is 11.7. The maximum atomic E-state index is 10.8. The normalized spacial score (nSPS) is 14.9. The van der Waals surface area contributed by atoms with E-state index in [1.165, 1.54) is 0 Å². The molecule has 5 nitrogen and oxygen atoms in total. The molecule has 0 aliphatic heterocycles. The number of hydrogen-bond acceptors (Lipinski definition) is 4. The van der Waals surface area contributed by atoms with Gasteiger partial charge in [0.25, 0.3) is 0 Å². The van der Waals surface area contributed by atoms with E-state index in [9.17, 15) is 4.79 Å². The van der Waals surface area contributed by atoms with Gasteiger partial charge in [0.15, 0.2) is 0 Å². The van der Waals surface area contributed by atoms with Gasteiger partial charge in [-0.2, -0.15) is 0 Å². The van der Waals surface area contributed by atoms with Gasteiger partial charge in [0.1, 0.15) is 16.8 Å². The molecule has 16 heavy (non-hydrogen) atoms. The Morgan fingerprint density at radius 1 is 1.62 bits per heavy atom. The Morgan fingerprint density at radius 2 is 2.31 bits per heavy atom. The Balaban J connectivity index is 2.22. The monoisotopic (exact) mass is 240 g/mol. The zero-order valence-electron chi connectivity index (χ0n) is 8.98. The minimum atomic E-state index is -0.398. The lowest BCUT2D eigenvalue weighted by atomic mass is 10.4. The summed E-state index contributed by atoms with van der Waals surface area (Å²) in [4.78, 5) is 21.0. The molecule has 1 aromatic rings. The predicted octanol–water partition coefficient (Wildman–Crippen LogP) is 0.929. The summed E-state index contributed by atoms with van der Waals surface area (Å²) in [5, 5.41) is 0.406. The fraction of sp³-hybridized carbons (Fsp3) is 0.500. The van der Waals surface area contributed by atoms with Crippen molar-refractivity contribution in [3.05, 3.63) is 17.0 Å². The van der Waals surface area contributed by atoms with Gasteiger partial charge in [-0.25, -0.2) is 9.97 Å². The molecule has 1 fully saturated rings. The third-order valence-corrected chi connectivity index (χ3v) is 2.62. The van der Waals surface area contributed by atoms with Crippen LogP contribution in [-0.4, -0.2) is 29.5 Å². The lowest BCUT2D eigenvalue weighted by Gasteiger charge is -2.16. The van der Waals surface area contributed by atoms with Gasteiger partial charge in [-0.05, 0) is 12.8 Å². The molecule has 0 radical (unpaired) electrons. The van der Waals surface area contributed by atoms with E-state index in [2.05, 4.69) is 9.97 Å². The minimum absolute atomic E-state index is 0.122. The Hall–Kier alpha value is -1.36. The molecule has 86 valence electrons. The Kier molecular flexibility index (Phi) is 2.96. The number of hydrogen-bond donors (Lipinski definition) is 1. The van der Waals surface area contributed by atoms with Crippen LogP contribution in [0.1, 0.15) is 24.6 Å². The van der Waals surface area contributed by atoms with Crippen LogP contribution in [-0.2, 0) is 4.79 Å². The van der Waals surface area contributed by atoms with E-state index >= 15 is 0 Å². The quantitative estimate of drug-likeness (QED) is 0.795. The van der Waals surface area contributed by atoms with E-state index in [1.807, 2.05) is 0 Å². The summed E-state index contributed by atoms with van der Waals surface area (Å²) in [6.45, 7) is 0.122. The highest BCUT2D eigenvalue weighted by Crippen LogP contribution is 2.38. The summed E-state index contributed by atoms with van der Waals surface area (Å²) in [5.41, 5.74) is 5.12. The first-order valence-electron chi connectivity index (χ1n) is 5.10. The van der Waals surface area contributed by atoms with Crippen molar-refractivity contribution in [1.82, 2.24) is 9.97 Å². The summed E-state index contributed by atoms with van der Waals surface area (Å²) in [6.07, 6.45) is 2.22. The fourth-order valence-electron chi connectivity index (χ4n) is 1.46. The van der Waals surface area contributed by atoms with Crippen LogP contribution in [0.15, 0.2) is 6.07 Å². The molecule has 0 unspecified atom stereocenters. The number of primary amides is 1. The Labute approximate surface area is 98.6 Å². The van der Waals surface area contributed by atoms with E-state index in [1.54, 1.807) is 18.0 Å². The summed E-state index contributed by atoms with van der Waals surface area (Å²) in [7, 11) is 1.75. The third kappa shape index (κ3) is 2.61. The van der Waals surface area contributed by atoms with Crippen LogP contribution in [0.5, 0.6) is 0 Å². The van der Waals surface area contributed by atoms with Crippen LogP contribution < -0.4 is 10.6 Å². The summed E-state index contributed by atoms with van der Waals surface area (Å²) in [5.74, 6) is 1.43. The molecule has 1 heterocycles.